The normalized spacial score (nSPS) is 15.3. The predicted octanol–water partition coefficient (Wildman–Crippen LogP) is 1.22. The molecule has 118 valence electrons. The Morgan fingerprint density at radius 1 is 1.26 bits per heavy atom. The van der Waals surface area contributed by atoms with Gasteiger partial charge < -0.3 is 19.3 Å². The molecule has 1 aliphatic heterocycles. The number of aryl methyl sites for hydroxylation is 1. The van der Waals surface area contributed by atoms with Crippen molar-refractivity contribution < 1.29 is 9.32 Å². The lowest BCUT2D eigenvalue weighted by Gasteiger charge is -2.35. The number of para-hydroxylation sites is 1. The van der Waals surface area contributed by atoms with Crippen molar-refractivity contribution in [1.29, 1.82) is 0 Å². The van der Waals surface area contributed by atoms with Crippen LogP contribution in [0, 0.1) is 6.92 Å². The molecule has 23 heavy (non-hydrogen) atoms. The number of hydrogen-bond acceptors (Lipinski definition) is 6. The Kier molecular flexibility index (Phi) is 3.22. The molecule has 0 saturated carbocycles. The van der Waals surface area contributed by atoms with Gasteiger partial charge in [-0.25, -0.2) is 4.98 Å². The highest BCUT2D eigenvalue weighted by atomic mass is 16.5. The standard InChI is InChI=1S/C15H16N6O2/c1-10-18-14(19-23-10)15(22)21-7-5-20(6-8-21)12-4-2-3-11-13(12)17-9-16-11/h2-4,9H,5-8H2,1H3,(H,16,17). The molecule has 1 aromatic carbocycles. The number of nitrogens with one attached hydrogen (secondary N) is 1. The molecule has 1 saturated heterocycles. The molecule has 1 amide bonds. The lowest BCUT2D eigenvalue weighted by molar-refractivity contribution is 0.0731. The minimum atomic E-state index is -0.181. The van der Waals surface area contributed by atoms with Gasteiger partial charge in [0.15, 0.2) is 0 Å². The van der Waals surface area contributed by atoms with Crippen molar-refractivity contribution in [2.24, 2.45) is 0 Å². The lowest BCUT2D eigenvalue weighted by Crippen LogP contribution is -2.49. The summed E-state index contributed by atoms with van der Waals surface area (Å²) < 4.78 is 4.88. The van der Waals surface area contributed by atoms with Gasteiger partial charge >= 0.3 is 0 Å². The summed E-state index contributed by atoms with van der Waals surface area (Å²) >= 11 is 0. The Labute approximate surface area is 132 Å². The fourth-order valence-electron chi connectivity index (χ4n) is 2.88. The molecule has 2 aromatic heterocycles. The van der Waals surface area contributed by atoms with Crippen LogP contribution in [0.15, 0.2) is 29.0 Å². The van der Waals surface area contributed by atoms with Gasteiger partial charge in [0, 0.05) is 33.1 Å². The molecule has 0 unspecified atom stereocenters. The molecule has 1 N–H and O–H groups in total. The molecule has 3 aromatic rings. The number of rotatable bonds is 2. The Hall–Kier alpha value is -2.90. The molecule has 4 rings (SSSR count). The largest absolute Gasteiger partial charge is 0.366 e. The van der Waals surface area contributed by atoms with Crippen molar-refractivity contribution in [3.8, 4) is 0 Å². The molecular formula is C15H16N6O2. The van der Waals surface area contributed by atoms with Gasteiger partial charge in [-0.2, -0.15) is 4.98 Å². The zero-order valence-corrected chi connectivity index (χ0v) is 12.7. The van der Waals surface area contributed by atoms with E-state index in [9.17, 15) is 4.79 Å². The van der Waals surface area contributed by atoms with Crippen molar-refractivity contribution in [3.05, 3.63) is 36.2 Å². The molecule has 8 heteroatoms. The van der Waals surface area contributed by atoms with Gasteiger partial charge in [-0.15, -0.1) is 0 Å². The van der Waals surface area contributed by atoms with Crippen LogP contribution in [0.25, 0.3) is 11.0 Å². The number of amides is 1. The Bertz CT molecular complexity index is 846. The second kappa shape index (κ2) is 5.38. The van der Waals surface area contributed by atoms with Gasteiger partial charge in [0.1, 0.15) is 5.52 Å². The smallest absolute Gasteiger partial charge is 0.295 e. The van der Waals surface area contributed by atoms with Crippen LogP contribution in [0.2, 0.25) is 0 Å². The molecule has 1 fully saturated rings. The maximum atomic E-state index is 12.3. The molecular weight excluding hydrogens is 296 g/mol. The van der Waals surface area contributed by atoms with E-state index in [-0.39, 0.29) is 11.7 Å². The van der Waals surface area contributed by atoms with E-state index in [2.05, 4.69) is 31.1 Å². The summed E-state index contributed by atoms with van der Waals surface area (Å²) in [5.74, 6) is 0.349. The minimum absolute atomic E-state index is 0.130. The van der Waals surface area contributed by atoms with E-state index in [0.29, 0.717) is 19.0 Å². The average Bonchev–Trinajstić information content (AvgIpc) is 3.22. The van der Waals surface area contributed by atoms with Gasteiger partial charge in [-0.05, 0) is 12.1 Å². The number of fused-ring (bicyclic) bond motifs is 1. The van der Waals surface area contributed by atoms with Crippen LogP contribution in [0.4, 0.5) is 5.69 Å². The van der Waals surface area contributed by atoms with Gasteiger partial charge in [0.25, 0.3) is 11.7 Å². The summed E-state index contributed by atoms with van der Waals surface area (Å²) in [5, 5.41) is 3.70. The van der Waals surface area contributed by atoms with Gasteiger partial charge in [-0.1, -0.05) is 11.2 Å². The first-order valence-corrected chi connectivity index (χ1v) is 7.49. The average molecular weight is 312 g/mol. The number of nitrogens with zero attached hydrogens (tertiary/aromatic N) is 5. The Balaban J connectivity index is 1.49. The number of aromatic nitrogens is 4. The summed E-state index contributed by atoms with van der Waals surface area (Å²) in [5.41, 5.74) is 3.07. The zero-order chi connectivity index (χ0) is 15.8. The van der Waals surface area contributed by atoms with E-state index in [1.165, 1.54) is 0 Å². The summed E-state index contributed by atoms with van der Waals surface area (Å²) in [6.45, 7) is 4.40. The van der Waals surface area contributed by atoms with Crippen LogP contribution in [0.5, 0.6) is 0 Å². The summed E-state index contributed by atoms with van der Waals surface area (Å²) in [6.07, 6.45) is 1.70. The van der Waals surface area contributed by atoms with Crippen molar-refractivity contribution in [3.63, 3.8) is 0 Å². The van der Waals surface area contributed by atoms with E-state index >= 15 is 0 Å². The lowest BCUT2D eigenvalue weighted by atomic mass is 10.2. The van der Waals surface area contributed by atoms with Gasteiger partial charge in [0.2, 0.25) is 5.89 Å². The molecule has 0 spiro atoms. The van der Waals surface area contributed by atoms with Crippen molar-refractivity contribution in [1.82, 2.24) is 25.0 Å². The van der Waals surface area contributed by atoms with Crippen LogP contribution in [-0.2, 0) is 0 Å². The highest BCUT2D eigenvalue weighted by Crippen LogP contribution is 2.25. The maximum Gasteiger partial charge on any atom is 0.295 e. The number of piperazine rings is 1. The second-order valence-corrected chi connectivity index (χ2v) is 5.49. The Morgan fingerprint density at radius 2 is 2.09 bits per heavy atom. The highest BCUT2D eigenvalue weighted by molar-refractivity contribution is 5.91. The van der Waals surface area contributed by atoms with E-state index in [0.717, 1.165) is 29.8 Å². The van der Waals surface area contributed by atoms with E-state index < -0.39 is 0 Å². The van der Waals surface area contributed by atoms with Crippen LogP contribution in [0.3, 0.4) is 0 Å². The van der Waals surface area contributed by atoms with Crippen LogP contribution >= 0.6 is 0 Å². The zero-order valence-electron chi connectivity index (χ0n) is 12.7. The monoisotopic (exact) mass is 312 g/mol. The third-order valence-electron chi connectivity index (χ3n) is 4.05. The minimum Gasteiger partial charge on any atom is -0.366 e. The van der Waals surface area contributed by atoms with Gasteiger partial charge in [-0.3, -0.25) is 4.79 Å². The summed E-state index contributed by atoms with van der Waals surface area (Å²) in [4.78, 5) is 27.8. The number of hydrogen-bond donors (Lipinski definition) is 1. The number of imidazole rings is 1. The molecule has 0 aliphatic carbocycles. The fourth-order valence-corrected chi connectivity index (χ4v) is 2.88. The summed E-state index contributed by atoms with van der Waals surface area (Å²) in [6, 6.07) is 6.07. The number of aromatic amines is 1. The molecule has 3 heterocycles. The van der Waals surface area contributed by atoms with Crippen molar-refractivity contribution in [2.45, 2.75) is 6.92 Å². The summed E-state index contributed by atoms with van der Waals surface area (Å²) in [7, 11) is 0. The SMILES string of the molecule is Cc1nc(C(=O)N2CCN(c3cccc4[nH]cnc34)CC2)no1. The van der Waals surface area contributed by atoms with E-state index in [1.807, 2.05) is 12.1 Å². The quantitative estimate of drug-likeness (QED) is 0.765. The van der Waals surface area contributed by atoms with Crippen LogP contribution < -0.4 is 4.90 Å². The molecule has 0 bridgehead atoms. The molecule has 8 nitrogen and oxygen atoms in total. The topological polar surface area (TPSA) is 91.2 Å². The third-order valence-corrected chi connectivity index (χ3v) is 4.05. The number of carbonyl (C=O) groups is 1. The number of H-pyrrole nitrogens is 1. The van der Waals surface area contributed by atoms with Crippen molar-refractivity contribution in [2.75, 3.05) is 31.1 Å². The van der Waals surface area contributed by atoms with E-state index in [4.69, 9.17) is 4.52 Å². The number of carbonyl (C=O) groups excluding carboxylic acids is 1. The Morgan fingerprint density at radius 3 is 2.83 bits per heavy atom. The predicted molar refractivity (Wildman–Crippen MR) is 83.2 cm³/mol. The van der Waals surface area contributed by atoms with Crippen molar-refractivity contribution >= 4 is 22.6 Å². The van der Waals surface area contributed by atoms with Crippen LogP contribution in [0.1, 0.15) is 16.5 Å². The first-order valence-electron chi connectivity index (χ1n) is 7.49. The molecule has 0 radical (unpaired) electrons. The fraction of sp³-hybridized carbons (Fsp3) is 0.333. The van der Waals surface area contributed by atoms with E-state index in [1.54, 1.807) is 18.2 Å². The maximum absolute atomic E-state index is 12.3. The van der Waals surface area contributed by atoms with Gasteiger partial charge in [0.05, 0.1) is 17.5 Å². The third kappa shape index (κ3) is 2.41. The highest BCUT2D eigenvalue weighted by Gasteiger charge is 2.26. The first-order chi connectivity index (χ1) is 11.2. The first kappa shape index (κ1) is 13.7. The molecule has 0 atom stereocenters. The second-order valence-electron chi connectivity index (χ2n) is 5.49. The number of anilines is 1. The molecule has 1 aliphatic rings. The number of benzene rings is 1. The van der Waals surface area contributed by atoms with Crippen LogP contribution in [-0.4, -0.2) is 57.1 Å².